The zero-order valence-corrected chi connectivity index (χ0v) is 26.5. The third-order valence-corrected chi connectivity index (χ3v) is 4.81. The molecule has 199 valence electrons. The van der Waals surface area contributed by atoms with Crippen molar-refractivity contribution in [3.05, 3.63) is 93.7 Å². The molecule has 1 heterocycles. The molecule has 0 fully saturated rings. The van der Waals surface area contributed by atoms with E-state index in [2.05, 4.69) is 25.9 Å². The van der Waals surface area contributed by atoms with Crippen LogP contribution in [0.1, 0.15) is 33.4 Å². The molecule has 0 aromatic carbocycles. The van der Waals surface area contributed by atoms with Gasteiger partial charge in [-0.15, -0.1) is 7.05 Å². The van der Waals surface area contributed by atoms with Crippen molar-refractivity contribution in [3.63, 3.8) is 0 Å². The molecule has 0 aliphatic rings. The molecular weight excluding hydrogens is 542 g/mol. The number of hydrogen-bond acceptors (Lipinski definition) is 6. The van der Waals surface area contributed by atoms with E-state index in [4.69, 9.17) is 16.3 Å². The Bertz CT molecular complexity index is 1130. The third kappa shape index (κ3) is 13.3. The summed E-state index contributed by atoms with van der Waals surface area (Å²) in [6.45, 7) is 7.89. The Morgan fingerprint density at radius 3 is 2.63 bits per heavy atom. The van der Waals surface area contributed by atoms with Crippen LogP contribution in [0.3, 0.4) is 0 Å². The number of carbonyl (C=O) groups is 1. The number of nitrogens with zero attached hydrogens (tertiary/aromatic N) is 3. The molecule has 0 saturated heterocycles. The van der Waals surface area contributed by atoms with Gasteiger partial charge in [-0.2, -0.15) is 6.20 Å². The smallest absolute Gasteiger partial charge is 0.693 e. The first-order valence-electron chi connectivity index (χ1n) is 11.2. The van der Waals surface area contributed by atoms with Gasteiger partial charge in [0.25, 0.3) is 5.91 Å². The van der Waals surface area contributed by atoms with Crippen molar-refractivity contribution in [1.82, 2.24) is 15.6 Å². The molecule has 1 rings (SSSR count). The second-order valence-electron chi connectivity index (χ2n) is 7.99. The van der Waals surface area contributed by atoms with Crippen molar-refractivity contribution < 1.29 is 74.8 Å². The van der Waals surface area contributed by atoms with Crippen LogP contribution >= 0.6 is 11.6 Å². The van der Waals surface area contributed by atoms with Crippen molar-refractivity contribution in [3.8, 4) is 0 Å². The summed E-state index contributed by atoms with van der Waals surface area (Å²) in [5.74, 6) is -1.76. The zero-order chi connectivity index (χ0) is 28.0. The van der Waals surface area contributed by atoms with E-state index in [9.17, 15) is 18.7 Å². The second-order valence-corrected chi connectivity index (χ2v) is 8.39. The third-order valence-electron chi connectivity index (χ3n) is 4.40. The molecule has 0 atom stereocenters. The minimum Gasteiger partial charge on any atom is -0.693 e. The van der Waals surface area contributed by atoms with Crippen LogP contribution in [0.2, 0.25) is 6.82 Å². The Morgan fingerprint density at radius 1 is 1.39 bits per heavy atom. The van der Waals surface area contributed by atoms with Crippen LogP contribution in [0, 0.1) is 11.6 Å². The number of aliphatic hydroxyl groups is 1. The van der Waals surface area contributed by atoms with Gasteiger partial charge < -0.3 is 25.8 Å². The quantitative estimate of drug-likeness (QED) is 0.0883. The molecule has 13 heteroatoms. The van der Waals surface area contributed by atoms with Crippen LogP contribution in [-0.4, -0.2) is 41.8 Å². The first-order valence-corrected chi connectivity index (χ1v) is 11.6. The summed E-state index contributed by atoms with van der Waals surface area (Å²) >= 11 is 6.22. The van der Waals surface area contributed by atoms with Gasteiger partial charge in [0.05, 0.1) is 11.8 Å². The van der Waals surface area contributed by atoms with Gasteiger partial charge in [-0.05, 0) is 39.8 Å². The van der Waals surface area contributed by atoms with Gasteiger partial charge in [-0.3, -0.25) is 9.78 Å². The van der Waals surface area contributed by atoms with E-state index in [1.54, 1.807) is 40.1 Å². The number of carbonyl (C=O) groups excluding carboxylic acids is 1. The molecule has 1 amide bonds. The van der Waals surface area contributed by atoms with Crippen LogP contribution in [0.5, 0.6) is 0 Å². The molecule has 0 aliphatic heterocycles. The second kappa shape index (κ2) is 18.5. The first kappa shape index (κ1) is 36.2. The maximum Gasteiger partial charge on any atom is 1.00 e. The van der Waals surface area contributed by atoms with Crippen molar-refractivity contribution >= 4 is 30.6 Å². The number of nitrogens with one attached hydrogen (secondary N) is 2. The average Bonchev–Trinajstić information content (AvgIpc) is 2.82. The van der Waals surface area contributed by atoms with E-state index in [1.165, 1.54) is 45.6 Å². The standard InChI is InChI=1S/C25H32BClF2N5O3.K/c1-7-9-32-22(34-24(35)18(14-30-6)25(3,4)36)8-10-31-16(2)11-21(23(27)26-5)37-15-20-19(29)12-17(28)13-33-20;/h7-14,36H,15H2,1-6H3,(H3,30,31,32,34,35);/q;+1/p-1/b9-7+,16-11-,23-21-;. The fourth-order valence-corrected chi connectivity index (χ4v) is 2.70. The maximum absolute atomic E-state index is 13.9. The Morgan fingerprint density at radius 2 is 2.08 bits per heavy atom. The number of pyridine rings is 1. The van der Waals surface area contributed by atoms with Crippen molar-refractivity contribution in [1.29, 1.82) is 0 Å². The molecule has 3 N–H and O–H groups in total. The Hall–Kier alpha value is -1.80. The molecule has 1 radical (unpaired) electrons. The van der Waals surface area contributed by atoms with E-state index in [1.807, 2.05) is 0 Å². The summed E-state index contributed by atoms with van der Waals surface area (Å²) in [5.41, 5.74) is -0.849. The van der Waals surface area contributed by atoms with E-state index in [0.717, 1.165) is 12.3 Å². The van der Waals surface area contributed by atoms with E-state index in [-0.39, 0.29) is 85.8 Å². The number of hydrogen-bond donors (Lipinski definition) is 3. The van der Waals surface area contributed by atoms with Crippen molar-refractivity contribution in [2.75, 3.05) is 7.05 Å². The van der Waals surface area contributed by atoms with Gasteiger partial charge in [-0.1, -0.05) is 24.5 Å². The normalized spacial score (nSPS) is 13.7. The summed E-state index contributed by atoms with van der Waals surface area (Å²) in [4.78, 5) is 20.8. The number of aromatic nitrogens is 1. The van der Waals surface area contributed by atoms with Gasteiger partial charge in [0, 0.05) is 34.7 Å². The molecular formula is C25H31BClF2KN5O3. The largest absolute Gasteiger partial charge is 1.00 e. The van der Waals surface area contributed by atoms with Gasteiger partial charge in [0.1, 0.15) is 29.7 Å². The molecule has 0 saturated carbocycles. The number of ether oxygens (including phenoxy) is 1. The number of amidine groups is 1. The fraction of sp³-hybridized carbons (Fsp3) is 0.320. The topological polar surface area (TPSA) is 110 Å². The van der Waals surface area contributed by atoms with E-state index >= 15 is 0 Å². The average molecular weight is 573 g/mol. The number of aliphatic imine (C=N–C) groups is 1. The molecule has 1 aromatic rings. The summed E-state index contributed by atoms with van der Waals surface area (Å²) < 4.78 is 32.6. The van der Waals surface area contributed by atoms with Gasteiger partial charge in [-0.25, -0.2) is 13.8 Å². The molecule has 38 heavy (non-hydrogen) atoms. The van der Waals surface area contributed by atoms with Gasteiger partial charge in [0.15, 0.2) is 13.1 Å². The van der Waals surface area contributed by atoms with Crippen molar-refractivity contribution in [2.45, 2.75) is 46.7 Å². The maximum atomic E-state index is 13.9. The molecule has 8 nitrogen and oxygen atoms in total. The number of allylic oxidation sites excluding steroid dienone is 3. The van der Waals surface area contributed by atoms with Crippen LogP contribution in [-0.2, 0) is 16.1 Å². The molecule has 1 aromatic heterocycles. The zero-order valence-electron chi connectivity index (χ0n) is 22.6. The summed E-state index contributed by atoms with van der Waals surface area (Å²) in [5, 5.41) is 19.7. The van der Waals surface area contributed by atoms with Crippen LogP contribution in [0.4, 0.5) is 8.78 Å². The Balaban J connectivity index is 0.0000137. The van der Waals surface area contributed by atoms with E-state index in [0.29, 0.717) is 5.70 Å². The van der Waals surface area contributed by atoms with E-state index < -0.39 is 23.1 Å². The minimum atomic E-state index is -1.42. The predicted octanol–water partition coefficient (Wildman–Crippen LogP) is 1.75. The molecule has 0 aliphatic carbocycles. The molecule has 0 spiro atoms. The Labute approximate surface area is 271 Å². The van der Waals surface area contributed by atoms with Crippen molar-refractivity contribution in [2.24, 2.45) is 4.99 Å². The fourth-order valence-electron chi connectivity index (χ4n) is 2.59. The number of halogens is 3. The Kier molecular flexibility index (Phi) is 17.6. The number of amides is 1. The predicted molar refractivity (Wildman–Crippen MR) is 144 cm³/mol. The van der Waals surface area contributed by atoms with Gasteiger partial charge >= 0.3 is 51.4 Å². The monoisotopic (exact) mass is 572 g/mol. The SMILES string of the molecule is C[B]/C(Cl)=C(\C=C(\C)N/C=C/C(=N/C=C/C)NC(=O)/C(=C\[N-]C)C(C)(C)O)OCc1ncc(F)cc1F.[K+]. The summed E-state index contributed by atoms with van der Waals surface area (Å²) in [7, 11) is 3.09. The van der Waals surface area contributed by atoms with Crippen LogP contribution in [0.25, 0.3) is 5.32 Å². The van der Waals surface area contributed by atoms with Crippen LogP contribution in [0.15, 0.2) is 76.0 Å². The number of rotatable bonds is 12. The molecule has 0 unspecified atom stereocenters. The minimum absolute atomic E-state index is 0. The molecule has 0 bridgehead atoms. The first-order chi connectivity index (χ1) is 17.4. The van der Waals surface area contributed by atoms with Crippen LogP contribution < -0.4 is 62.0 Å². The summed E-state index contributed by atoms with van der Waals surface area (Å²) in [6.07, 6.45) is 9.97. The summed E-state index contributed by atoms with van der Waals surface area (Å²) in [6, 6.07) is 0.721. The van der Waals surface area contributed by atoms with Gasteiger partial charge in [0.2, 0.25) is 0 Å².